The highest BCUT2D eigenvalue weighted by Gasteiger charge is 2.22. The van der Waals surface area contributed by atoms with Gasteiger partial charge in [0.15, 0.2) is 0 Å². The van der Waals surface area contributed by atoms with Crippen LogP contribution < -0.4 is 4.90 Å². The van der Waals surface area contributed by atoms with Crippen LogP contribution in [0.2, 0.25) is 0 Å². The zero-order chi connectivity index (χ0) is 17.8. The first-order chi connectivity index (χ1) is 12.1. The Kier molecular flexibility index (Phi) is 5.19. The summed E-state index contributed by atoms with van der Waals surface area (Å²) >= 11 is 1.26. The second kappa shape index (κ2) is 7.53. The van der Waals surface area contributed by atoms with Crippen molar-refractivity contribution in [2.24, 2.45) is 0 Å². The number of aromatic nitrogens is 2. The van der Waals surface area contributed by atoms with Gasteiger partial charge in [0.25, 0.3) is 5.22 Å². The maximum atomic E-state index is 12.6. The summed E-state index contributed by atoms with van der Waals surface area (Å²) in [5, 5.41) is 8.22. The van der Waals surface area contributed by atoms with E-state index in [9.17, 15) is 4.79 Å². The predicted octanol–water partition coefficient (Wildman–Crippen LogP) is 4.19. The van der Waals surface area contributed by atoms with Gasteiger partial charge in [-0.2, -0.15) is 0 Å². The van der Waals surface area contributed by atoms with Crippen molar-refractivity contribution in [2.45, 2.75) is 24.3 Å². The van der Waals surface area contributed by atoms with Gasteiger partial charge in [-0.05, 0) is 37.6 Å². The van der Waals surface area contributed by atoms with Crippen LogP contribution in [0.15, 0.2) is 64.2 Å². The van der Waals surface area contributed by atoms with Crippen molar-refractivity contribution in [1.82, 2.24) is 10.2 Å². The first kappa shape index (κ1) is 17.2. The molecule has 1 unspecified atom stereocenters. The molecule has 128 valence electrons. The minimum absolute atomic E-state index is 0.0214. The van der Waals surface area contributed by atoms with Crippen LogP contribution in [0.25, 0.3) is 11.5 Å². The molecule has 0 aliphatic heterocycles. The summed E-state index contributed by atoms with van der Waals surface area (Å²) in [4.78, 5) is 14.2. The molecule has 0 N–H and O–H groups in total. The van der Waals surface area contributed by atoms with Crippen molar-refractivity contribution in [1.29, 1.82) is 0 Å². The number of para-hydroxylation sites is 1. The molecule has 2 aromatic carbocycles. The quantitative estimate of drug-likeness (QED) is 0.644. The Balaban J connectivity index is 1.70. The fraction of sp³-hybridized carbons (Fsp3) is 0.211. The van der Waals surface area contributed by atoms with Crippen LogP contribution >= 0.6 is 11.8 Å². The first-order valence-electron chi connectivity index (χ1n) is 7.95. The summed E-state index contributed by atoms with van der Waals surface area (Å²) in [6, 6.07) is 17.4. The predicted molar refractivity (Wildman–Crippen MR) is 99.6 cm³/mol. The zero-order valence-electron chi connectivity index (χ0n) is 14.3. The van der Waals surface area contributed by atoms with E-state index in [1.807, 2.05) is 68.4 Å². The third kappa shape index (κ3) is 3.91. The molecule has 25 heavy (non-hydrogen) atoms. The molecule has 1 heterocycles. The minimum atomic E-state index is -0.338. The second-order valence-corrected chi connectivity index (χ2v) is 6.97. The lowest BCUT2D eigenvalue weighted by Crippen LogP contribution is -2.33. The number of benzene rings is 2. The lowest BCUT2D eigenvalue weighted by atomic mass is 10.1. The highest BCUT2D eigenvalue weighted by atomic mass is 32.2. The Hall–Kier alpha value is -2.60. The maximum absolute atomic E-state index is 12.6. The third-order valence-electron chi connectivity index (χ3n) is 3.88. The molecule has 1 atom stereocenters. The van der Waals surface area contributed by atoms with Gasteiger partial charge in [0.1, 0.15) is 0 Å². The van der Waals surface area contributed by atoms with Crippen molar-refractivity contribution in [3.8, 4) is 11.5 Å². The molecule has 0 aliphatic carbocycles. The number of amides is 1. The summed E-state index contributed by atoms with van der Waals surface area (Å²) < 4.78 is 5.73. The molecule has 1 aromatic heterocycles. The number of hydrogen-bond acceptors (Lipinski definition) is 5. The van der Waals surface area contributed by atoms with Gasteiger partial charge < -0.3 is 9.32 Å². The van der Waals surface area contributed by atoms with Crippen molar-refractivity contribution >= 4 is 23.4 Å². The standard InChI is InChI=1S/C19H19N3O2S/c1-13-9-7-8-12-16(13)17-20-21-19(24-17)25-14(2)18(23)22(3)15-10-5-4-6-11-15/h4-12,14H,1-3H3. The average Bonchev–Trinajstić information content (AvgIpc) is 3.09. The number of anilines is 1. The lowest BCUT2D eigenvalue weighted by Gasteiger charge is -2.20. The molecular formula is C19H19N3O2S. The van der Waals surface area contributed by atoms with Crippen LogP contribution in [0.3, 0.4) is 0 Å². The fourth-order valence-electron chi connectivity index (χ4n) is 2.43. The van der Waals surface area contributed by atoms with Gasteiger partial charge >= 0.3 is 0 Å². The highest BCUT2D eigenvalue weighted by Crippen LogP contribution is 2.28. The normalized spacial score (nSPS) is 12.0. The van der Waals surface area contributed by atoms with E-state index in [1.165, 1.54) is 11.8 Å². The van der Waals surface area contributed by atoms with Crippen LogP contribution in [0.1, 0.15) is 12.5 Å². The summed E-state index contributed by atoms with van der Waals surface area (Å²) in [5.74, 6) is 0.448. The van der Waals surface area contributed by atoms with Gasteiger partial charge in [0.05, 0.1) is 5.25 Å². The number of rotatable bonds is 5. The number of thioether (sulfide) groups is 1. The monoisotopic (exact) mass is 353 g/mol. The van der Waals surface area contributed by atoms with Gasteiger partial charge in [0.2, 0.25) is 11.8 Å². The molecule has 0 spiro atoms. The van der Waals surface area contributed by atoms with Gasteiger partial charge in [0, 0.05) is 18.3 Å². The van der Waals surface area contributed by atoms with Crippen LogP contribution in [-0.2, 0) is 4.79 Å². The van der Waals surface area contributed by atoms with E-state index in [4.69, 9.17) is 4.42 Å². The van der Waals surface area contributed by atoms with Crippen molar-refractivity contribution in [3.05, 3.63) is 60.2 Å². The SMILES string of the molecule is Cc1ccccc1-c1nnc(SC(C)C(=O)N(C)c2ccccc2)o1. The molecule has 0 fully saturated rings. The Morgan fingerprint density at radius 2 is 1.76 bits per heavy atom. The smallest absolute Gasteiger partial charge is 0.277 e. The van der Waals surface area contributed by atoms with E-state index < -0.39 is 0 Å². The van der Waals surface area contributed by atoms with E-state index in [0.29, 0.717) is 11.1 Å². The molecular weight excluding hydrogens is 334 g/mol. The van der Waals surface area contributed by atoms with Gasteiger partial charge in [-0.15, -0.1) is 10.2 Å². The fourth-order valence-corrected chi connectivity index (χ4v) is 3.21. The van der Waals surface area contributed by atoms with Crippen LogP contribution in [0.5, 0.6) is 0 Å². The molecule has 0 saturated heterocycles. The molecule has 5 nitrogen and oxygen atoms in total. The largest absolute Gasteiger partial charge is 0.411 e. The maximum Gasteiger partial charge on any atom is 0.277 e. The number of aryl methyl sites for hydroxylation is 1. The Morgan fingerprint density at radius 3 is 2.48 bits per heavy atom. The average molecular weight is 353 g/mol. The van der Waals surface area contributed by atoms with Crippen LogP contribution in [0.4, 0.5) is 5.69 Å². The second-order valence-electron chi connectivity index (χ2n) is 5.68. The van der Waals surface area contributed by atoms with E-state index in [0.717, 1.165) is 16.8 Å². The highest BCUT2D eigenvalue weighted by molar-refractivity contribution is 8.00. The molecule has 0 radical (unpaired) electrons. The van der Waals surface area contributed by atoms with Gasteiger partial charge in [-0.1, -0.05) is 48.2 Å². The summed E-state index contributed by atoms with van der Waals surface area (Å²) in [6.45, 7) is 3.83. The lowest BCUT2D eigenvalue weighted by molar-refractivity contribution is -0.117. The molecule has 3 aromatic rings. The zero-order valence-corrected chi connectivity index (χ0v) is 15.2. The molecule has 1 amide bonds. The third-order valence-corrected chi connectivity index (χ3v) is 4.80. The van der Waals surface area contributed by atoms with E-state index in [2.05, 4.69) is 10.2 Å². The van der Waals surface area contributed by atoms with Crippen molar-refractivity contribution in [3.63, 3.8) is 0 Å². The Bertz CT molecular complexity index is 864. The Labute approximate surface area is 151 Å². The number of carbonyl (C=O) groups is 1. The first-order valence-corrected chi connectivity index (χ1v) is 8.83. The Morgan fingerprint density at radius 1 is 1.08 bits per heavy atom. The van der Waals surface area contributed by atoms with Crippen LogP contribution in [-0.4, -0.2) is 28.4 Å². The molecule has 0 aliphatic rings. The summed E-state index contributed by atoms with van der Waals surface area (Å²) in [6.07, 6.45) is 0. The van der Waals surface area contributed by atoms with Crippen molar-refractivity contribution < 1.29 is 9.21 Å². The van der Waals surface area contributed by atoms with Crippen molar-refractivity contribution in [2.75, 3.05) is 11.9 Å². The van der Waals surface area contributed by atoms with E-state index in [1.54, 1.807) is 11.9 Å². The number of hydrogen-bond donors (Lipinski definition) is 0. The summed E-state index contributed by atoms with van der Waals surface area (Å²) in [7, 11) is 1.77. The van der Waals surface area contributed by atoms with E-state index in [-0.39, 0.29) is 11.2 Å². The molecule has 3 rings (SSSR count). The van der Waals surface area contributed by atoms with Gasteiger partial charge in [-0.3, -0.25) is 4.79 Å². The molecule has 0 saturated carbocycles. The van der Waals surface area contributed by atoms with Gasteiger partial charge in [-0.25, -0.2) is 0 Å². The minimum Gasteiger partial charge on any atom is -0.411 e. The molecule has 6 heteroatoms. The number of carbonyl (C=O) groups excluding carboxylic acids is 1. The van der Waals surface area contributed by atoms with E-state index >= 15 is 0 Å². The molecule has 0 bridgehead atoms. The van der Waals surface area contributed by atoms with Crippen LogP contribution in [0, 0.1) is 6.92 Å². The topological polar surface area (TPSA) is 59.2 Å². The summed E-state index contributed by atoms with van der Waals surface area (Å²) in [5.41, 5.74) is 2.82. The number of nitrogens with zero attached hydrogens (tertiary/aromatic N) is 3.